The molecular formula is C58H83ClN14O8S2. The fourth-order valence-electron chi connectivity index (χ4n) is 11.4. The number of carbonyl (C=O) groups is 4. The van der Waals surface area contributed by atoms with Crippen molar-refractivity contribution >= 4 is 84.6 Å². The zero-order valence-electron chi connectivity index (χ0n) is 49.6. The van der Waals surface area contributed by atoms with Gasteiger partial charge in [-0.05, 0) is 150 Å². The van der Waals surface area contributed by atoms with Crippen LogP contribution >= 0.6 is 11.6 Å². The number of fused-ring (bicyclic) bond motifs is 12. The predicted molar refractivity (Wildman–Crippen MR) is 323 cm³/mol. The largest absolute Gasteiger partial charge is 0.370 e. The van der Waals surface area contributed by atoms with Crippen molar-refractivity contribution < 1.29 is 36.0 Å². The molecule has 0 radical (unpaired) electrons. The van der Waals surface area contributed by atoms with Crippen LogP contribution in [0.3, 0.4) is 0 Å². The average Bonchev–Trinajstić information content (AvgIpc) is 4.19. The summed E-state index contributed by atoms with van der Waals surface area (Å²) in [5.74, 6) is 1.39. The summed E-state index contributed by atoms with van der Waals surface area (Å²) < 4.78 is 56.3. The van der Waals surface area contributed by atoms with Crippen molar-refractivity contribution in [3.8, 4) is 0 Å². The van der Waals surface area contributed by atoms with Gasteiger partial charge in [-0.1, -0.05) is 65.3 Å². The average molecular weight is 1200 g/mol. The summed E-state index contributed by atoms with van der Waals surface area (Å²) in [7, 11) is -8.40. The molecule has 6 aliphatic heterocycles. The molecule has 2 atom stereocenters. The van der Waals surface area contributed by atoms with E-state index >= 15 is 0 Å². The van der Waals surface area contributed by atoms with Gasteiger partial charge in [-0.2, -0.15) is 16.8 Å². The smallest absolute Gasteiger partial charge is 0.325 e. The van der Waals surface area contributed by atoms with Gasteiger partial charge in [0.1, 0.15) is 34.2 Å². The van der Waals surface area contributed by atoms with E-state index in [9.17, 15) is 36.0 Å². The van der Waals surface area contributed by atoms with E-state index in [0.29, 0.717) is 85.6 Å². The van der Waals surface area contributed by atoms with Crippen molar-refractivity contribution in [2.45, 2.75) is 142 Å². The Morgan fingerprint density at radius 1 is 0.578 bits per heavy atom. The van der Waals surface area contributed by atoms with Gasteiger partial charge in [-0.25, -0.2) is 39.0 Å². The molecule has 6 amide bonds. The van der Waals surface area contributed by atoms with Gasteiger partial charge in [-0.15, -0.1) is 0 Å². The number of carbonyl (C=O) groups excluding carboxylic acids is 4. The van der Waals surface area contributed by atoms with Crippen LogP contribution in [-0.4, -0.2) is 147 Å². The van der Waals surface area contributed by atoms with Crippen LogP contribution in [0, 0.1) is 22.7 Å². The maximum absolute atomic E-state index is 13.6. The first-order chi connectivity index (χ1) is 38.9. The van der Waals surface area contributed by atoms with Crippen molar-refractivity contribution in [2.75, 3.05) is 90.8 Å². The standard InChI is InChI=1S/C29H41N7O4S.C20H24ClN5O3S.C9H18N2O/c1-28(2,3)13-15-34-16-17-35(27(34)38)23-12-11-21-25(32-23)36-19-20(18-29(36,4)5)8-7-14-30-22-9-6-10-24(31-22)41(39,40)33-26(21)37;1-20(2)11-13-5-4-10-22-16-6-3-7-17(24-16)30(28,29)25-19(27)14-8-9-15(21)23-18(14)26(20)12-13;1-9(2,3)4-6-11-7-5-10-8(11)12/h6,9-12,20H,7-8,13-19H2,1-5H3,(H,30,31)(H,33,37);3,6-9,13H,4-5,10-12H2,1-2H3,(H,22,24)(H,25,27);4-7H2,1-3H3,(H,10,12)/t20-;13-;/m00./s1. The topological polar surface area (TPSA) is 264 Å². The molecule has 83 heavy (non-hydrogen) atoms. The minimum atomic E-state index is -4.24. The van der Waals surface area contributed by atoms with Gasteiger partial charge < -0.3 is 35.6 Å². The number of nitrogens with one attached hydrogen (secondary N) is 5. The second-order valence-corrected chi connectivity index (χ2v) is 29.7. The molecule has 25 heteroatoms. The number of pyridine rings is 4. The first kappa shape index (κ1) is 62.5. The van der Waals surface area contributed by atoms with Gasteiger partial charge >= 0.3 is 12.1 Å². The lowest BCUT2D eigenvalue weighted by Gasteiger charge is -2.34. The molecule has 0 unspecified atom stereocenters. The summed E-state index contributed by atoms with van der Waals surface area (Å²) in [5.41, 5.74) is 0.176. The van der Waals surface area contributed by atoms with E-state index < -0.39 is 31.9 Å². The van der Waals surface area contributed by atoms with E-state index in [-0.39, 0.29) is 54.9 Å². The van der Waals surface area contributed by atoms with Gasteiger partial charge in [0.05, 0.1) is 11.1 Å². The van der Waals surface area contributed by atoms with Crippen LogP contribution in [0.4, 0.5) is 38.7 Å². The number of hydrogen-bond acceptors (Lipinski definition) is 16. The summed E-state index contributed by atoms with van der Waals surface area (Å²) in [4.78, 5) is 78.3. The molecule has 0 saturated carbocycles. The normalized spacial score (nSPS) is 22.0. The number of hydrogen-bond donors (Lipinski definition) is 5. The highest BCUT2D eigenvalue weighted by Gasteiger charge is 2.43. The molecule has 452 valence electrons. The molecule has 22 nitrogen and oxygen atoms in total. The minimum absolute atomic E-state index is 0.0965. The molecule has 10 rings (SSSR count). The lowest BCUT2D eigenvalue weighted by molar-refractivity contribution is 0.0972. The SMILES string of the molecule is CC(C)(C)CCN1CCN(c2ccc3c(n2)N2C[C@@H](CCCNc4cccc(n4)S(=O)(=O)NC3=O)CC2(C)C)C1=O.CC(C)(C)CCN1CCNC1=O.CC1(C)C[C@@H]2CCCNc3cccc(n3)S(=O)(=O)NC(=O)c3ccc(Cl)nc3N1C2. The molecule has 4 saturated heterocycles. The monoisotopic (exact) mass is 1200 g/mol. The van der Waals surface area contributed by atoms with Crippen LogP contribution in [0.15, 0.2) is 70.7 Å². The Labute approximate surface area is 494 Å². The molecular weight excluding hydrogens is 1120 g/mol. The molecule has 0 aromatic carbocycles. The summed E-state index contributed by atoms with van der Waals surface area (Å²) in [6.07, 6.45) is 7.55. The first-order valence-corrected chi connectivity index (χ1v) is 32.1. The maximum Gasteiger partial charge on any atom is 0.325 e. The first-order valence-electron chi connectivity index (χ1n) is 28.8. The highest BCUT2D eigenvalue weighted by Crippen LogP contribution is 2.42. The number of aromatic nitrogens is 4. The third kappa shape index (κ3) is 15.8. The van der Waals surface area contributed by atoms with Crippen molar-refractivity contribution in [1.29, 1.82) is 0 Å². The molecule has 5 N–H and O–H groups in total. The number of rotatable bonds is 5. The zero-order chi connectivity index (χ0) is 60.3. The number of nitrogens with zero attached hydrogens (tertiary/aromatic N) is 9. The van der Waals surface area contributed by atoms with Crippen molar-refractivity contribution in [3.05, 3.63) is 76.9 Å². The van der Waals surface area contributed by atoms with Gasteiger partial charge in [0.15, 0.2) is 10.1 Å². The highest BCUT2D eigenvalue weighted by atomic mass is 35.5. The third-order valence-electron chi connectivity index (χ3n) is 15.8. The second-order valence-electron chi connectivity index (χ2n) is 26.0. The number of urea groups is 2. The minimum Gasteiger partial charge on any atom is -0.370 e. The molecule has 10 heterocycles. The lowest BCUT2D eigenvalue weighted by Crippen LogP contribution is -2.41. The quantitative estimate of drug-likeness (QED) is 0.117. The van der Waals surface area contributed by atoms with Gasteiger partial charge in [0.25, 0.3) is 31.9 Å². The zero-order valence-corrected chi connectivity index (χ0v) is 52.0. The molecule has 0 spiro atoms. The van der Waals surface area contributed by atoms with Crippen molar-refractivity contribution in [3.63, 3.8) is 0 Å². The van der Waals surface area contributed by atoms with Crippen molar-refractivity contribution in [1.82, 2.24) is 44.5 Å². The van der Waals surface area contributed by atoms with E-state index in [1.54, 1.807) is 41.3 Å². The van der Waals surface area contributed by atoms with Crippen LogP contribution in [-0.2, 0) is 20.0 Å². The third-order valence-corrected chi connectivity index (χ3v) is 18.5. The Morgan fingerprint density at radius 3 is 1.54 bits per heavy atom. The fraction of sp³-hybridized carbons (Fsp3) is 0.586. The predicted octanol–water partition coefficient (Wildman–Crippen LogP) is 8.59. The van der Waals surface area contributed by atoms with Gasteiger partial charge in [0, 0.05) is 76.5 Å². The summed E-state index contributed by atoms with van der Waals surface area (Å²) in [6.45, 7) is 28.5. The maximum atomic E-state index is 13.6. The summed E-state index contributed by atoms with van der Waals surface area (Å²) >= 11 is 6.14. The van der Waals surface area contributed by atoms with E-state index in [0.717, 1.165) is 77.5 Å². The Morgan fingerprint density at radius 2 is 1.06 bits per heavy atom. The number of anilines is 5. The number of sulfonamides is 2. The Kier molecular flexibility index (Phi) is 18.8. The molecule has 4 aromatic rings. The lowest BCUT2D eigenvalue weighted by atomic mass is 9.92. The van der Waals surface area contributed by atoms with Crippen LogP contribution in [0.5, 0.6) is 0 Å². The van der Waals surface area contributed by atoms with Crippen LogP contribution in [0.2, 0.25) is 5.15 Å². The summed E-state index contributed by atoms with van der Waals surface area (Å²) in [6, 6.07) is 15.5. The Bertz CT molecular complexity index is 3280. The Hall–Kier alpha value is -6.53. The van der Waals surface area contributed by atoms with E-state index in [1.807, 2.05) is 9.80 Å². The highest BCUT2D eigenvalue weighted by molar-refractivity contribution is 7.90. The van der Waals surface area contributed by atoms with Gasteiger partial charge in [-0.3, -0.25) is 14.5 Å². The summed E-state index contributed by atoms with van der Waals surface area (Å²) in [5, 5.41) is 8.97. The molecule has 0 aliphatic carbocycles. The van der Waals surface area contributed by atoms with Crippen LogP contribution < -0.4 is 40.1 Å². The number of halogens is 1. The molecule has 4 fully saturated rings. The second kappa shape index (κ2) is 25.0. The molecule has 8 bridgehead atoms. The van der Waals surface area contributed by atoms with Gasteiger partial charge in [0.2, 0.25) is 0 Å². The van der Waals surface area contributed by atoms with E-state index in [2.05, 4.69) is 119 Å². The number of amides is 6. The molecule has 6 aliphatic rings. The Balaban J connectivity index is 0.000000186. The van der Waals surface area contributed by atoms with Crippen LogP contribution in [0.1, 0.15) is 141 Å². The molecule has 4 aromatic heterocycles. The van der Waals surface area contributed by atoms with Crippen molar-refractivity contribution in [2.24, 2.45) is 22.7 Å². The fourth-order valence-corrected chi connectivity index (χ4v) is 13.4. The van der Waals surface area contributed by atoms with Crippen LogP contribution in [0.25, 0.3) is 0 Å². The van der Waals surface area contributed by atoms with E-state index in [1.165, 1.54) is 24.3 Å². The van der Waals surface area contributed by atoms with E-state index in [4.69, 9.17) is 16.6 Å².